The Morgan fingerprint density at radius 1 is 1.10 bits per heavy atom. The minimum Gasteiger partial charge on any atom is -0.464 e. The molecule has 0 bridgehead atoms. The van der Waals surface area contributed by atoms with Crippen molar-refractivity contribution >= 4 is 28.9 Å². The number of benzene rings is 2. The number of methoxy groups -OCH3 is 1. The van der Waals surface area contributed by atoms with E-state index in [0.29, 0.717) is 5.69 Å². The molecule has 1 heterocycles. The average Bonchev–Trinajstić information content (AvgIpc) is 2.73. The average molecular weight is 437 g/mol. The van der Waals surface area contributed by atoms with Crippen molar-refractivity contribution in [1.29, 1.82) is 0 Å². The zero-order valence-electron chi connectivity index (χ0n) is 15.2. The molecule has 0 aliphatic rings. The van der Waals surface area contributed by atoms with Gasteiger partial charge in [-0.1, -0.05) is 35.9 Å². The molecule has 2 aromatic carbocycles. The molecule has 0 amide bonds. The zero-order chi connectivity index (χ0) is 21.9. The van der Waals surface area contributed by atoms with E-state index in [9.17, 15) is 22.8 Å². The summed E-state index contributed by atoms with van der Waals surface area (Å²) in [6.45, 7) is 0. The van der Waals surface area contributed by atoms with Crippen LogP contribution in [0.3, 0.4) is 0 Å². The third-order valence-electron chi connectivity index (χ3n) is 3.83. The van der Waals surface area contributed by atoms with Gasteiger partial charge in [-0.25, -0.2) is 4.79 Å². The van der Waals surface area contributed by atoms with Crippen LogP contribution in [-0.4, -0.2) is 22.9 Å². The molecule has 3 aromatic rings. The Labute approximate surface area is 172 Å². The molecule has 7 nitrogen and oxygen atoms in total. The second-order valence-corrected chi connectivity index (χ2v) is 6.18. The minimum atomic E-state index is -4.57. The number of alkyl halides is 3. The van der Waals surface area contributed by atoms with Gasteiger partial charge in [0.1, 0.15) is 5.02 Å². The maximum atomic E-state index is 12.9. The normalized spacial score (nSPS) is 11.6. The van der Waals surface area contributed by atoms with Crippen LogP contribution in [-0.2, 0) is 10.9 Å². The number of rotatable bonds is 4. The summed E-state index contributed by atoms with van der Waals surface area (Å²) in [7, 11) is 1.10. The van der Waals surface area contributed by atoms with Gasteiger partial charge in [0.2, 0.25) is 0 Å². The Kier molecular flexibility index (Phi) is 5.97. The van der Waals surface area contributed by atoms with Crippen LogP contribution < -0.4 is 5.56 Å². The van der Waals surface area contributed by atoms with Crippen molar-refractivity contribution in [3.05, 3.63) is 81.2 Å². The molecule has 0 radical (unpaired) electrons. The second kappa shape index (κ2) is 8.46. The highest BCUT2D eigenvalue weighted by Gasteiger charge is 2.30. The van der Waals surface area contributed by atoms with E-state index >= 15 is 0 Å². The fourth-order valence-corrected chi connectivity index (χ4v) is 2.64. The predicted octanol–water partition coefficient (Wildman–Crippen LogP) is 5.11. The van der Waals surface area contributed by atoms with Crippen LogP contribution in [0.25, 0.3) is 5.69 Å². The lowest BCUT2D eigenvalue weighted by Crippen LogP contribution is -2.24. The molecule has 0 atom stereocenters. The van der Waals surface area contributed by atoms with Crippen molar-refractivity contribution in [2.24, 2.45) is 10.2 Å². The summed E-state index contributed by atoms with van der Waals surface area (Å²) in [6, 6.07) is 12.1. The van der Waals surface area contributed by atoms with Crippen LogP contribution in [0.2, 0.25) is 5.02 Å². The van der Waals surface area contributed by atoms with E-state index in [2.05, 4.69) is 20.1 Å². The second-order valence-electron chi connectivity index (χ2n) is 5.80. The molecule has 0 aliphatic carbocycles. The molecule has 0 N–H and O–H groups in total. The summed E-state index contributed by atoms with van der Waals surface area (Å²) in [4.78, 5) is 24.9. The molecule has 0 spiro atoms. The number of hydrogen-bond acceptors (Lipinski definition) is 6. The summed E-state index contributed by atoms with van der Waals surface area (Å²) in [5.74, 6) is -0.930. The maximum Gasteiger partial charge on any atom is 0.416 e. The van der Waals surface area contributed by atoms with Crippen LogP contribution in [0, 0.1) is 0 Å². The number of hydrogen-bond donors (Lipinski definition) is 0. The molecule has 0 saturated carbocycles. The molecule has 3 rings (SSSR count). The number of aromatic nitrogens is 2. The van der Waals surface area contributed by atoms with E-state index in [1.165, 1.54) is 6.07 Å². The lowest BCUT2D eigenvalue weighted by Gasteiger charge is -2.09. The van der Waals surface area contributed by atoms with E-state index < -0.39 is 39.7 Å². The first-order valence-electron chi connectivity index (χ1n) is 8.28. The van der Waals surface area contributed by atoms with Crippen LogP contribution in [0.4, 0.5) is 24.5 Å². The predicted molar refractivity (Wildman–Crippen MR) is 102 cm³/mol. The Hall–Kier alpha value is -3.53. The van der Waals surface area contributed by atoms with E-state index in [0.717, 1.165) is 30.0 Å². The van der Waals surface area contributed by atoms with E-state index in [1.54, 1.807) is 30.3 Å². The monoisotopic (exact) mass is 436 g/mol. The molecule has 11 heteroatoms. The molecule has 0 aliphatic heterocycles. The van der Waals surface area contributed by atoms with Crippen molar-refractivity contribution in [3.8, 4) is 5.69 Å². The smallest absolute Gasteiger partial charge is 0.416 e. The molecular formula is C19H12ClF3N4O3. The van der Waals surface area contributed by atoms with Gasteiger partial charge in [-0.3, -0.25) is 4.79 Å². The topological polar surface area (TPSA) is 85.9 Å². The van der Waals surface area contributed by atoms with Gasteiger partial charge in [-0.2, -0.15) is 28.1 Å². The molecule has 1 aromatic heterocycles. The molecule has 0 unspecified atom stereocenters. The largest absolute Gasteiger partial charge is 0.464 e. The van der Waals surface area contributed by atoms with Crippen molar-refractivity contribution < 1.29 is 22.7 Å². The minimum absolute atomic E-state index is 0.164. The highest BCUT2D eigenvalue weighted by atomic mass is 35.5. The Bertz CT molecular complexity index is 1180. The number of azo groups is 1. The van der Waals surface area contributed by atoms with Crippen molar-refractivity contribution in [3.63, 3.8) is 0 Å². The van der Waals surface area contributed by atoms with Gasteiger partial charge in [0, 0.05) is 0 Å². The maximum absolute atomic E-state index is 12.9. The molecule has 0 saturated heterocycles. The number of ether oxygens (including phenoxy) is 1. The highest BCUT2D eigenvalue weighted by molar-refractivity contribution is 6.35. The fourth-order valence-electron chi connectivity index (χ4n) is 2.41. The van der Waals surface area contributed by atoms with E-state index in [4.69, 9.17) is 11.6 Å². The molecule has 30 heavy (non-hydrogen) atoms. The van der Waals surface area contributed by atoms with Crippen molar-refractivity contribution in [1.82, 2.24) is 9.78 Å². The lowest BCUT2D eigenvalue weighted by atomic mass is 10.2. The van der Waals surface area contributed by atoms with Gasteiger partial charge in [0.05, 0.1) is 24.0 Å². The van der Waals surface area contributed by atoms with Gasteiger partial charge in [-0.15, -0.1) is 5.11 Å². The van der Waals surface area contributed by atoms with E-state index in [-0.39, 0.29) is 5.69 Å². The first kappa shape index (κ1) is 21.2. The fraction of sp³-hybridized carbons (Fsp3) is 0.105. The number of halogens is 4. The van der Waals surface area contributed by atoms with Crippen LogP contribution >= 0.6 is 11.6 Å². The first-order chi connectivity index (χ1) is 14.2. The Balaban J connectivity index is 2.16. The summed E-state index contributed by atoms with van der Waals surface area (Å²) in [6.07, 6.45) is -4.57. The zero-order valence-corrected chi connectivity index (χ0v) is 16.0. The van der Waals surface area contributed by atoms with Crippen molar-refractivity contribution in [2.45, 2.75) is 6.18 Å². The number of esters is 1. The standard InChI is InChI=1S/C19H12ClF3N4O3/c1-30-18(29)16-14(20)15(17(28)27(26-16)13-8-3-2-4-9-13)25-24-12-7-5-6-11(10-12)19(21,22)23/h2-10H,1H3. The van der Waals surface area contributed by atoms with Gasteiger partial charge < -0.3 is 4.74 Å². The van der Waals surface area contributed by atoms with Crippen LogP contribution in [0.5, 0.6) is 0 Å². The molecule has 0 fully saturated rings. The Morgan fingerprint density at radius 2 is 1.80 bits per heavy atom. The van der Waals surface area contributed by atoms with Gasteiger partial charge >= 0.3 is 17.7 Å². The first-order valence-corrected chi connectivity index (χ1v) is 8.65. The summed E-state index contributed by atoms with van der Waals surface area (Å²) in [5, 5.41) is 10.9. The third-order valence-corrected chi connectivity index (χ3v) is 4.19. The van der Waals surface area contributed by atoms with Crippen LogP contribution in [0.1, 0.15) is 16.1 Å². The van der Waals surface area contributed by atoms with E-state index in [1.807, 2.05) is 0 Å². The summed E-state index contributed by atoms with van der Waals surface area (Å²) >= 11 is 6.11. The number of carbonyl (C=O) groups is 1. The molecular weight excluding hydrogens is 425 g/mol. The van der Waals surface area contributed by atoms with Gasteiger partial charge in [-0.05, 0) is 30.3 Å². The quantitative estimate of drug-likeness (QED) is 0.420. The lowest BCUT2D eigenvalue weighted by molar-refractivity contribution is -0.137. The van der Waals surface area contributed by atoms with Crippen LogP contribution in [0.15, 0.2) is 69.6 Å². The summed E-state index contributed by atoms with van der Waals surface area (Å²) < 4.78 is 44.1. The Morgan fingerprint density at radius 3 is 2.43 bits per heavy atom. The van der Waals surface area contributed by atoms with Crippen molar-refractivity contribution in [2.75, 3.05) is 7.11 Å². The number of para-hydroxylation sites is 1. The van der Waals surface area contributed by atoms with Gasteiger partial charge in [0.25, 0.3) is 0 Å². The number of carbonyl (C=O) groups excluding carboxylic acids is 1. The molecule has 154 valence electrons. The summed E-state index contributed by atoms with van der Waals surface area (Å²) in [5.41, 5.74) is -2.50. The SMILES string of the molecule is COC(=O)c1nn(-c2ccccc2)c(=O)c(N=Nc2cccc(C(F)(F)F)c2)c1Cl. The highest BCUT2D eigenvalue weighted by Crippen LogP contribution is 2.32. The number of nitrogens with zero attached hydrogens (tertiary/aromatic N) is 4. The van der Waals surface area contributed by atoms with Gasteiger partial charge in [0.15, 0.2) is 11.4 Å². The third kappa shape index (κ3) is 4.38.